The second-order valence-corrected chi connectivity index (χ2v) is 6.28. The van der Waals surface area contributed by atoms with E-state index in [2.05, 4.69) is 11.4 Å². The molecule has 24 heavy (non-hydrogen) atoms. The average Bonchev–Trinajstić information content (AvgIpc) is 2.60. The molecule has 1 aliphatic rings. The molecule has 2 aromatic carbocycles. The number of para-hydroxylation sites is 1. The van der Waals surface area contributed by atoms with Crippen LogP contribution in [-0.4, -0.2) is 29.8 Å². The minimum atomic E-state index is -0.898. The topological polar surface area (TPSA) is 58.6 Å². The molecule has 1 amide bonds. The van der Waals surface area contributed by atoms with Gasteiger partial charge in [0.1, 0.15) is 5.75 Å². The summed E-state index contributed by atoms with van der Waals surface area (Å²) in [6.45, 7) is 2.63. The molecule has 0 heterocycles. The van der Waals surface area contributed by atoms with Crippen molar-refractivity contribution in [1.29, 1.82) is 0 Å². The van der Waals surface area contributed by atoms with Gasteiger partial charge < -0.3 is 15.2 Å². The van der Waals surface area contributed by atoms with Crippen LogP contribution in [0.1, 0.15) is 34.8 Å². The van der Waals surface area contributed by atoms with Crippen molar-refractivity contribution < 1.29 is 14.6 Å². The van der Waals surface area contributed by atoms with E-state index >= 15 is 0 Å². The second-order valence-electron chi connectivity index (χ2n) is 6.28. The van der Waals surface area contributed by atoms with Gasteiger partial charge in [-0.1, -0.05) is 36.4 Å². The molecule has 0 aliphatic heterocycles. The van der Waals surface area contributed by atoms with Crippen LogP contribution in [0.5, 0.6) is 5.75 Å². The van der Waals surface area contributed by atoms with Crippen LogP contribution in [-0.2, 0) is 12.8 Å². The molecule has 2 N–H and O–H groups in total. The number of amides is 1. The molecule has 1 atom stereocenters. The van der Waals surface area contributed by atoms with E-state index in [1.807, 2.05) is 37.3 Å². The average molecular weight is 325 g/mol. The summed E-state index contributed by atoms with van der Waals surface area (Å²) in [5.41, 5.74) is 2.05. The summed E-state index contributed by atoms with van der Waals surface area (Å²) >= 11 is 0. The lowest BCUT2D eigenvalue weighted by molar-refractivity contribution is 0.0259. The van der Waals surface area contributed by atoms with Crippen LogP contribution in [0.2, 0.25) is 0 Å². The maximum Gasteiger partial charge on any atom is 0.255 e. The summed E-state index contributed by atoms with van der Waals surface area (Å²) in [5, 5.41) is 13.7. The van der Waals surface area contributed by atoms with Crippen LogP contribution in [0.15, 0.2) is 48.5 Å². The monoisotopic (exact) mass is 325 g/mol. The van der Waals surface area contributed by atoms with Crippen LogP contribution >= 0.6 is 0 Å². The van der Waals surface area contributed by atoms with Gasteiger partial charge in [0.25, 0.3) is 5.91 Å². The molecule has 0 bridgehead atoms. The Bertz CT molecular complexity index is 728. The normalized spacial score (nSPS) is 19.4. The molecule has 0 radical (unpaired) electrons. The number of aliphatic hydroxyl groups is 1. The van der Waals surface area contributed by atoms with E-state index < -0.39 is 5.60 Å². The first-order valence-electron chi connectivity index (χ1n) is 8.40. The van der Waals surface area contributed by atoms with Crippen LogP contribution < -0.4 is 10.1 Å². The third-order valence-corrected chi connectivity index (χ3v) is 4.51. The molecule has 0 saturated carbocycles. The number of nitrogens with one attached hydrogen (secondary N) is 1. The number of hydrogen-bond donors (Lipinski definition) is 2. The lowest BCUT2D eigenvalue weighted by atomic mass is 9.80. The highest BCUT2D eigenvalue weighted by Crippen LogP contribution is 2.28. The second kappa shape index (κ2) is 7.05. The van der Waals surface area contributed by atoms with Gasteiger partial charge in [-0.3, -0.25) is 4.79 Å². The molecule has 0 saturated heterocycles. The smallest absolute Gasteiger partial charge is 0.255 e. The van der Waals surface area contributed by atoms with E-state index in [1.54, 1.807) is 12.1 Å². The molecular formula is C20H23NO3. The summed E-state index contributed by atoms with van der Waals surface area (Å²) in [4.78, 5) is 12.5. The Labute approximate surface area is 142 Å². The van der Waals surface area contributed by atoms with Crippen molar-refractivity contribution in [2.75, 3.05) is 13.2 Å². The van der Waals surface area contributed by atoms with Crippen molar-refractivity contribution in [3.8, 4) is 5.75 Å². The van der Waals surface area contributed by atoms with Crippen molar-refractivity contribution >= 4 is 5.91 Å². The third kappa shape index (κ3) is 3.60. The molecule has 0 aromatic heterocycles. The zero-order chi connectivity index (χ0) is 17.0. The summed E-state index contributed by atoms with van der Waals surface area (Å²) in [6.07, 6.45) is 2.05. The highest BCUT2D eigenvalue weighted by atomic mass is 16.5. The number of hydrogen-bond acceptors (Lipinski definition) is 3. The Hall–Kier alpha value is -2.33. The lowest BCUT2D eigenvalue weighted by Crippen LogP contribution is -2.46. The quantitative estimate of drug-likeness (QED) is 0.889. The van der Waals surface area contributed by atoms with Crippen molar-refractivity contribution in [1.82, 2.24) is 5.32 Å². The first-order valence-corrected chi connectivity index (χ1v) is 8.40. The van der Waals surface area contributed by atoms with Gasteiger partial charge in [0, 0.05) is 13.0 Å². The number of carbonyl (C=O) groups is 1. The van der Waals surface area contributed by atoms with Crippen molar-refractivity contribution in [3.63, 3.8) is 0 Å². The summed E-state index contributed by atoms with van der Waals surface area (Å²) in [7, 11) is 0. The fraction of sp³-hybridized carbons (Fsp3) is 0.350. The zero-order valence-corrected chi connectivity index (χ0v) is 13.9. The summed E-state index contributed by atoms with van der Waals surface area (Å²) < 4.78 is 5.50. The zero-order valence-electron chi connectivity index (χ0n) is 13.9. The maximum atomic E-state index is 12.5. The van der Waals surface area contributed by atoms with Gasteiger partial charge in [-0.15, -0.1) is 0 Å². The van der Waals surface area contributed by atoms with Crippen LogP contribution in [0.4, 0.5) is 0 Å². The highest BCUT2D eigenvalue weighted by Gasteiger charge is 2.32. The molecule has 2 aromatic rings. The van der Waals surface area contributed by atoms with E-state index in [-0.39, 0.29) is 12.5 Å². The number of ether oxygens (including phenoxy) is 1. The summed E-state index contributed by atoms with van der Waals surface area (Å²) in [5.74, 6) is 0.352. The lowest BCUT2D eigenvalue weighted by Gasteiger charge is -2.33. The highest BCUT2D eigenvalue weighted by molar-refractivity contribution is 5.96. The van der Waals surface area contributed by atoms with Crippen molar-refractivity contribution in [2.24, 2.45) is 0 Å². The molecule has 1 aliphatic carbocycles. The SMILES string of the molecule is CCOc1ccccc1C(=O)NC[C@@]1(O)CCc2ccccc2C1. The third-order valence-electron chi connectivity index (χ3n) is 4.51. The number of rotatable bonds is 5. The van der Waals surface area contributed by atoms with Crippen LogP contribution in [0, 0.1) is 0 Å². The van der Waals surface area contributed by atoms with Crippen molar-refractivity contribution in [3.05, 3.63) is 65.2 Å². The fourth-order valence-corrected chi connectivity index (χ4v) is 3.21. The Morgan fingerprint density at radius 3 is 2.67 bits per heavy atom. The van der Waals surface area contributed by atoms with E-state index in [9.17, 15) is 9.90 Å². The Balaban J connectivity index is 1.67. The number of aryl methyl sites for hydroxylation is 1. The largest absolute Gasteiger partial charge is 0.493 e. The molecule has 3 rings (SSSR count). The fourth-order valence-electron chi connectivity index (χ4n) is 3.21. The Kier molecular flexibility index (Phi) is 4.86. The minimum absolute atomic E-state index is 0.216. The first-order chi connectivity index (χ1) is 11.6. The number of benzene rings is 2. The molecule has 0 spiro atoms. The maximum absolute atomic E-state index is 12.5. The molecule has 0 fully saturated rings. The van der Waals surface area contributed by atoms with Crippen molar-refractivity contribution in [2.45, 2.75) is 31.8 Å². The van der Waals surface area contributed by atoms with Gasteiger partial charge >= 0.3 is 0 Å². The minimum Gasteiger partial charge on any atom is -0.493 e. The molecule has 4 heteroatoms. The van der Waals surface area contributed by atoms with E-state index in [0.717, 1.165) is 12.0 Å². The molecule has 4 nitrogen and oxygen atoms in total. The Morgan fingerprint density at radius 2 is 1.88 bits per heavy atom. The van der Waals surface area contributed by atoms with Gasteiger partial charge in [-0.25, -0.2) is 0 Å². The van der Waals surface area contributed by atoms with Crippen LogP contribution in [0.3, 0.4) is 0 Å². The number of fused-ring (bicyclic) bond motifs is 1. The van der Waals surface area contributed by atoms with Gasteiger partial charge in [-0.2, -0.15) is 0 Å². The van der Waals surface area contributed by atoms with Gasteiger partial charge in [-0.05, 0) is 43.0 Å². The van der Waals surface area contributed by atoms with Crippen LogP contribution in [0.25, 0.3) is 0 Å². The van der Waals surface area contributed by atoms with E-state index in [4.69, 9.17) is 4.74 Å². The molecule has 126 valence electrons. The Morgan fingerprint density at radius 1 is 1.17 bits per heavy atom. The summed E-state index contributed by atoms with van der Waals surface area (Å²) in [6, 6.07) is 15.3. The van der Waals surface area contributed by atoms with Gasteiger partial charge in [0.15, 0.2) is 0 Å². The predicted molar refractivity (Wildman–Crippen MR) is 93.4 cm³/mol. The van der Waals surface area contributed by atoms with Gasteiger partial charge in [0.05, 0.1) is 17.8 Å². The standard InChI is InChI=1S/C20H23NO3/c1-2-24-18-10-6-5-9-17(18)19(22)21-14-20(23)12-11-15-7-3-4-8-16(15)13-20/h3-10,23H,2,11-14H2,1H3,(H,21,22)/t20-/m1/s1. The predicted octanol–water partition coefficient (Wildman–Crippen LogP) is 2.74. The molecule has 0 unspecified atom stereocenters. The van der Waals surface area contributed by atoms with E-state index in [1.165, 1.54) is 5.56 Å². The molecular weight excluding hydrogens is 302 g/mol. The first kappa shape index (κ1) is 16.5. The van der Waals surface area contributed by atoms with E-state index in [0.29, 0.717) is 30.8 Å². The van der Waals surface area contributed by atoms with Gasteiger partial charge in [0.2, 0.25) is 0 Å². The number of carbonyl (C=O) groups excluding carboxylic acids is 1.